The molecule has 0 fully saturated rings. The van der Waals surface area contributed by atoms with Gasteiger partial charge in [0.25, 0.3) is 0 Å². The van der Waals surface area contributed by atoms with Crippen LogP contribution < -0.4 is 0 Å². The Kier molecular flexibility index (Phi) is 3.42. The zero-order valence-corrected chi connectivity index (χ0v) is 9.76. The van der Waals surface area contributed by atoms with Crippen molar-refractivity contribution in [1.82, 2.24) is 4.98 Å². The van der Waals surface area contributed by atoms with Crippen molar-refractivity contribution in [3.63, 3.8) is 0 Å². The van der Waals surface area contributed by atoms with E-state index in [-0.39, 0.29) is 11.7 Å². The lowest BCUT2D eigenvalue weighted by Gasteiger charge is -2.06. The van der Waals surface area contributed by atoms with Gasteiger partial charge in [0, 0.05) is 5.56 Å². The number of nitrogens with zero attached hydrogens (tertiary/aromatic N) is 1. The Morgan fingerprint density at radius 2 is 1.75 bits per heavy atom. The van der Waals surface area contributed by atoms with Gasteiger partial charge in [0.1, 0.15) is 11.0 Å². The van der Waals surface area contributed by atoms with Crippen LogP contribution in [0.25, 0.3) is 11.1 Å². The third kappa shape index (κ3) is 2.34. The van der Waals surface area contributed by atoms with Crippen LogP contribution in [0.2, 0.25) is 5.15 Å². The van der Waals surface area contributed by atoms with Crippen LogP contribution in [-0.2, 0) is 5.88 Å². The first-order chi connectivity index (χ1) is 7.70. The highest BCUT2D eigenvalue weighted by molar-refractivity contribution is 6.29. The Morgan fingerprint density at radius 1 is 1.06 bits per heavy atom. The SMILES string of the molecule is Fc1ccc(-c2ccc(Cl)nc2CCl)cc1. The third-order valence-electron chi connectivity index (χ3n) is 2.22. The molecule has 4 heteroatoms. The highest BCUT2D eigenvalue weighted by Crippen LogP contribution is 2.25. The van der Waals surface area contributed by atoms with Crippen molar-refractivity contribution in [2.45, 2.75) is 5.88 Å². The number of halogens is 3. The second kappa shape index (κ2) is 4.81. The molecule has 0 amide bonds. The Labute approximate surface area is 103 Å². The van der Waals surface area contributed by atoms with Gasteiger partial charge in [0.15, 0.2) is 0 Å². The molecule has 1 heterocycles. The minimum atomic E-state index is -0.266. The van der Waals surface area contributed by atoms with Gasteiger partial charge < -0.3 is 0 Å². The van der Waals surface area contributed by atoms with Crippen LogP contribution in [0.4, 0.5) is 4.39 Å². The van der Waals surface area contributed by atoms with E-state index in [0.29, 0.717) is 10.8 Å². The van der Waals surface area contributed by atoms with Crippen LogP contribution in [0.3, 0.4) is 0 Å². The summed E-state index contributed by atoms with van der Waals surface area (Å²) < 4.78 is 12.8. The lowest BCUT2D eigenvalue weighted by atomic mass is 10.0. The first-order valence-corrected chi connectivity index (χ1v) is 5.59. The molecule has 0 saturated carbocycles. The van der Waals surface area contributed by atoms with E-state index in [4.69, 9.17) is 23.2 Å². The van der Waals surface area contributed by atoms with Crippen molar-refractivity contribution in [2.75, 3.05) is 0 Å². The molecule has 1 aromatic heterocycles. The first-order valence-electron chi connectivity index (χ1n) is 4.68. The summed E-state index contributed by atoms with van der Waals surface area (Å²) in [4.78, 5) is 4.13. The lowest BCUT2D eigenvalue weighted by molar-refractivity contribution is 0.628. The molecule has 0 saturated heterocycles. The second-order valence-corrected chi connectivity index (χ2v) is 3.92. The second-order valence-electron chi connectivity index (χ2n) is 3.27. The molecule has 0 spiro atoms. The van der Waals surface area contributed by atoms with E-state index in [1.165, 1.54) is 12.1 Å². The summed E-state index contributed by atoms with van der Waals surface area (Å²) in [5.41, 5.74) is 2.45. The summed E-state index contributed by atoms with van der Waals surface area (Å²) in [6.45, 7) is 0. The summed E-state index contributed by atoms with van der Waals surface area (Å²) in [6.07, 6.45) is 0. The molecule has 0 atom stereocenters. The summed E-state index contributed by atoms with van der Waals surface area (Å²) in [7, 11) is 0. The Bertz CT molecular complexity index is 497. The molecule has 0 aliphatic carbocycles. The van der Waals surface area contributed by atoms with Gasteiger partial charge in [-0.1, -0.05) is 23.7 Å². The molecule has 16 heavy (non-hydrogen) atoms. The average molecular weight is 256 g/mol. The minimum absolute atomic E-state index is 0.266. The number of benzene rings is 1. The fourth-order valence-electron chi connectivity index (χ4n) is 1.47. The van der Waals surface area contributed by atoms with Gasteiger partial charge >= 0.3 is 0 Å². The lowest BCUT2D eigenvalue weighted by Crippen LogP contribution is -1.91. The standard InChI is InChI=1S/C12H8Cl2FN/c13-7-11-10(5-6-12(14)16-11)8-1-3-9(15)4-2-8/h1-6H,7H2. The molecular formula is C12H8Cl2FN. The predicted molar refractivity (Wildman–Crippen MR) is 64.2 cm³/mol. The van der Waals surface area contributed by atoms with Crippen molar-refractivity contribution >= 4 is 23.2 Å². The van der Waals surface area contributed by atoms with E-state index in [1.807, 2.05) is 6.07 Å². The van der Waals surface area contributed by atoms with E-state index in [0.717, 1.165) is 11.1 Å². The van der Waals surface area contributed by atoms with Crippen LogP contribution in [0.5, 0.6) is 0 Å². The van der Waals surface area contributed by atoms with Crippen LogP contribution in [-0.4, -0.2) is 4.98 Å². The van der Waals surface area contributed by atoms with Crippen LogP contribution in [0.15, 0.2) is 36.4 Å². The monoisotopic (exact) mass is 255 g/mol. The maximum absolute atomic E-state index is 12.8. The molecule has 1 nitrogen and oxygen atoms in total. The van der Waals surface area contributed by atoms with Gasteiger partial charge in [-0.2, -0.15) is 0 Å². The Morgan fingerprint density at radius 3 is 2.38 bits per heavy atom. The number of pyridine rings is 1. The molecule has 0 radical (unpaired) electrons. The van der Waals surface area contributed by atoms with Crippen LogP contribution in [0.1, 0.15) is 5.69 Å². The molecule has 0 unspecified atom stereocenters. The highest BCUT2D eigenvalue weighted by atomic mass is 35.5. The van der Waals surface area contributed by atoms with Gasteiger partial charge in [0.2, 0.25) is 0 Å². The van der Waals surface area contributed by atoms with Gasteiger partial charge in [-0.05, 0) is 29.8 Å². The van der Waals surface area contributed by atoms with Gasteiger partial charge in [0.05, 0.1) is 11.6 Å². The van der Waals surface area contributed by atoms with Gasteiger partial charge in [-0.15, -0.1) is 11.6 Å². The first kappa shape index (κ1) is 11.4. The van der Waals surface area contributed by atoms with Crippen molar-refractivity contribution in [1.29, 1.82) is 0 Å². The molecule has 0 aliphatic rings. The number of alkyl halides is 1. The van der Waals surface area contributed by atoms with Crippen molar-refractivity contribution in [2.24, 2.45) is 0 Å². The van der Waals surface area contributed by atoms with Crippen molar-refractivity contribution in [3.05, 3.63) is 53.1 Å². The number of aromatic nitrogens is 1. The van der Waals surface area contributed by atoms with Gasteiger partial charge in [-0.25, -0.2) is 9.37 Å². The molecule has 0 aliphatic heterocycles. The van der Waals surface area contributed by atoms with Crippen molar-refractivity contribution < 1.29 is 4.39 Å². The molecule has 1 aromatic carbocycles. The highest BCUT2D eigenvalue weighted by Gasteiger charge is 2.06. The maximum Gasteiger partial charge on any atom is 0.129 e. The fraction of sp³-hybridized carbons (Fsp3) is 0.0833. The maximum atomic E-state index is 12.8. The normalized spacial score (nSPS) is 10.4. The number of hydrogen-bond donors (Lipinski definition) is 0. The third-order valence-corrected chi connectivity index (χ3v) is 2.69. The smallest absolute Gasteiger partial charge is 0.129 e. The van der Waals surface area contributed by atoms with Crippen molar-refractivity contribution in [3.8, 4) is 11.1 Å². The largest absolute Gasteiger partial charge is 0.239 e. The Balaban J connectivity index is 2.51. The summed E-state index contributed by atoms with van der Waals surface area (Å²) in [5, 5.41) is 0.404. The zero-order chi connectivity index (χ0) is 11.5. The molecule has 2 rings (SSSR count). The molecule has 2 aromatic rings. The van der Waals surface area contributed by atoms with E-state index in [9.17, 15) is 4.39 Å². The number of hydrogen-bond acceptors (Lipinski definition) is 1. The molecule has 0 N–H and O–H groups in total. The summed E-state index contributed by atoms with van der Waals surface area (Å²) in [6, 6.07) is 9.72. The summed E-state index contributed by atoms with van der Waals surface area (Å²) >= 11 is 11.6. The Hall–Kier alpha value is -1.12. The van der Waals surface area contributed by atoms with Gasteiger partial charge in [-0.3, -0.25) is 0 Å². The molecular weight excluding hydrogens is 248 g/mol. The van der Waals surface area contributed by atoms with E-state index >= 15 is 0 Å². The van der Waals surface area contributed by atoms with E-state index in [2.05, 4.69) is 4.98 Å². The minimum Gasteiger partial charge on any atom is -0.239 e. The summed E-state index contributed by atoms with van der Waals surface area (Å²) in [5.74, 6) is 0.00545. The average Bonchev–Trinajstić information content (AvgIpc) is 2.30. The fourth-order valence-corrected chi connectivity index (χ4v) is 1.84. The quantitative estimate of drug-likeness (QED) is 0.577. The molecule has 82 valence electrons. The topological polar surface area (TPSA) is 12.9 Å². The van der Waals surface area contributed by atoms with Crippen LogP contribution >= 0.6 is 23.2 Å². The van der Waals surface area contributed by atoms with E-state index in [1.54, 1.807) is 18.2 Å². The predicted octanol–water partition coefficient (Wildman–Crippen LogP) is 4.28. The number of rotatable bonds is 2. The van der Waals surface area contributed by atoms with E-state index < -0.39 is 0 Å². The zero-order valence-electron chi connectivity index (χ0n) is 8.25. The van der Waals surface area contributed by atoms with Crippen LogP contribution in [0, 0.1) is 5.82 Å². The molecule has 0 bridgehead atoms.